The molecule has 1 fully saturated rings. The number of nitrogens with one attached hydrogen (secondary N) is 1. The van der Waals surface area contributed by atoms with Crippen molar-refractivity contribution < 1.29 is 27.2 Å². The summed E-state index contributed by atoms with van der Waals surface area (Å²) in [5.74, 6) is -6.68. The average molecular weight is 531 g/mol. The van der Waals surface area contributed by atoms with Crippen molar-refractivity contribution in [2.45, 2.75) is 16.7 Å². The minimum absolute atomic E-state index is 0.0131. The van der Waals surface area contributed by atoms with Gasteiger partial charge in [0.1, 0.15) is 16.0 Å². The summed E-state index contributed by atoms with van der Waals surface area (Å²) in [5.41, 5.74) is 0.451. The van der Waals surface area contributed by atoms with Crippen LogP contribution in [0.4, 0.5) is 23.2 Å². The Bertz CT molecular complexity index is 1320. The zero-order chi connectivity index (χ0) is 24.8. The number of benzene rings is 3. The maximum Gasteiger partial charge on any atom is 0.231 e. The fourth-order valence-corrected chi connectivity index (χ4v) is 4.79. The predicted octanol–water partition coefficient (Wildman–Crippen LogP) is 6.85. The Morgan fingerprint density at radius 2 is 1.62 bits per heavy atom. The Hall–Kier alpha value is -2.61. The van der Waals surface area contributed by atoms with Crippen LogP contribution in [0.25, 0.3) is 0 Å². The highest BCUT2D eigenvalue weighted by atomic mass is 35.5. The van der Waals surface area contributed by atoms with Gasteiger partial charge in [-0.15, -0.1) is 23.2 Å². The molecule has 1 saturated carbocycles. The van der Waals surface area contributed by atoms with Crippen molar-refractivity contribution in [3.63, 3.8) is 0 Å². The van der Waals surface area contributed by atoms with Crippen LogP contribution in [-0.2, 0) is 11.2 Å². The third-order valence-corrected chi connectivity index (χ3v) is 6.81. The molecule has 0 aliphatic heterocycles. The lowest BCUT2D eigenvalue weighted by molar-refractivity contribution is -0.117. The molecule has 0 aromatic heterocycles. The number of amides is 1. The lowest BCUT2D eigenvalue weighted by atomic mass is 10.0. The van der Waals surface area contributed by atoms with E-state index < -0.39 is 51.1 Å². The number of hydrogen-bond acceptors (Lipinski definition) is 2. The molecular formula is C24H14Cl3F4NO2. The van der Waals surface area contributed by atoms with Gasteiger partial charge in [0.2, 0.25) is 5.91 Å². The lowest BCUT2D eigenvalue weighted by Crippen LogP contribution is -2.17. The molecule has 176 valence electrons. The number of ketones is 1. The number of hydrogen-bond donors (Lipinski definition) is 1. The first-order valence-electron chi connectivity index (χ1n) is 9.89. The van der Waals surface area contributed by atoms with Gasteiger partial charge in [-0.1, -0.05) is 23.7 Å². The van der Waals surface area contributed by atoms with Gasteiger partial charge in [0.15, 0.2) is 17.4 Å². The predicted molar refractivity (Wildman–Crippen MR) is 122 cm³/mol. The van der Waals surface area contributed by atoms with Crippen LogP contribution in [-0.4, -0.2) is 16.0 Å². The third-order valence-electron chi connectivity index (χ3n) is 5.54. The zero-order valence-corrected chi connectivity index (χ0v) is 19.3. The minimum Gasteiger partial charge on any atom is -0.326 e. The van der Waals surface area contributed by atoms with Gasteiger partial charge in [-0.25, -0.2) is 17.6 Å². The van der Waals surface area contributed by atoms with E-state index in [1.165, 1.54) is 24.3 Å². The van der Waals surface area contributed by atoms with E-state index in [1.807, 2.05) is 0 Å². The van der Waals surface area contributed by atoms with Crippen LogP contribution < -0.4 is 5.32 Å². The smallest absolute Gasteiger partial charge is 0.231 e. The van der Waals surface area contributed by atoms with E-state index in [-0.39, 0.29) is 33.8 Å². The fourth-order valence-electron chi connectivity index (χ4n) is 3.74. The summed E-state index contributed by atoms with van der Waals surface area (Å²) in [6.45, 7) is 0. The molecule has 1 N–H and O–H groups in total. The Balaban J connectivity index is 1.51. The van der Waals surface area contributed by atoms with Gasteiger partial charge in [-0.3, -0.25) is 9.59 Å². The normalized spacial score (nSPS) is 18.4. The molecule has 3 aromatic carbocycles. The summed E-state index contributed by atoms with van der Waals surface area (Å²) in [4.78, 5) is 25.5. The molecule has 10 heteroatoms. The van der Waals surface area contributed by atoms with E-state index in [2.05, 4.69) is 5.32 Å². The van der Waals surface area contributed by atoms with Crippen molar-refractivity contribution in [1.82, 2.24) is 0 Å². The molecule has 34 heavy (non-hydrogen) atoms. The third kappa shape index (κ3) is 4.78. The van der Waals surface area contributed by atoms with Crippen LogP contribution >= 0.6 is 34.8 Å². The first kappa shape index (κ1) is 24.5. The number of rotatable bonds is 6. The summed E-state index contributed by atoms with van der Waals surface area (Å²) in [6, 6.07) is 10.1. The molecular weight excluding hydrogens is 517 g/mol. The minimum atomic E-state index is -1.54. The molecule has 2 atom stereocenters. The van der Waals surface area contributed by atoms with Crippen LogP contribution in [0.5, 0.6) is 0 Å². The number of carbonyl (C=O) groups is 2. The van der Waals surface area contributed by atoms with Crippen LogP contribution in [0.2, 0.25) is 5.02 Å². The molecule has 1 aliphatic rings. The van der Waals surface area contributed by atoms with E-state index in [9.17, 15) is 27.2 Å². The van der Waals surface area contributed by atoms with Crippen LogP contribution in [0, 0.1) is 29.2 Å². The van der Waals surface area contributed by atoms with E-state index in [0.717, 1.165) is 24.3 Å². The van der Waals surface area contributed by atoms with Gasteiger partial charge in [0.05, 0.1) is 10.9 Å². The lowest BCUT2D eigenvalue weighted by Gasteiger charge is -2.10. The topological polar surface area (TPSA) is 46.2 Å². The number of anilines is 1. The number of Topliss-reactive ketones (excluding diaryl/α,β-unsaturated/α-hetero) is 1. The van der Waals surface area contributed by atoms with Gasteiger partial charge < -0.3 is 5.32 Å². The van der Waals surface area contributed by atoms with E-state index in [1.54, 1.807) is 0 Å². The van der Waals surface area contributed by atoms with Gasteiger partial charge in [0.25, 0.3) is 0 Å². The second-order valence-corrected chi connectivity index (χ2v) is 9.67. The summed E-state index contributed by atoms with van der Waals surface area (Å²) in [6.07, 6.45) is -0.378. The van der Waals surface area contributed by atoms with Crippen LogP contribution in [0.3, 0.4) is 0 Å². The second-order valence-electron chi connectivity index (χ2n) is 7.82. The van der Waals surface area contributed by atoms with Gasteiger partial charge in [-0.2, -0.15) is 0 Å². The molecule has 0 radical (unpaired) electrons. The molecule has 1 aliphatic carbocycles. The fraction of sp³-hybridized carbons (Fsp3) is 0.167. The van der Waals surface area contributed by atoms with Crippen molar-refractivity contribution >= 4 is 52.2 Å². The number of alkyl halides is 2. The molecule has 0 spiro atoms. The van der Waals surface area contributed by atoms with Crippen molar-refractivity contribution in [2.75, 3.05) is 5.32 Å². The molecule has 3 aromatic rings. The van der Waals surface area contributed by atoms with E-state index >= 15 is 0 Å². The Morgan fingerprint density at radius 1 is 0.882 bits per heavy atom. The molecule has 1 amide bonds. The molecule has 4 rings (SSSR count). The molecule has 0 bridgehead atoms. The number of halogens is 7. The molecule has 0 unspecified atom stereocenters. The monoisotopic (exact) mass is 529 g/mol. The van der Waals surface area contributed by atoms with Crippen LogP contribution in [0.1, 0.15) is 27.4 Å². The van der Waals surface area contributed by atoms with E-state index in [0.29, 0.717) is 6.07 Å². The largest absolute Gasteiger partial charge is 0.326 e. The van der Waals surface area contributed by atoms with Crippen molar-refractivity contribution in [3.05, 3.63) is 99.6 Å². The highest BCUT2D eigenvalue weighted by molar-refractivity contribution is 6.53. The van der Waals surface area contributed by atoms with Gasteiger partial charge >= 0.3 is 0 Å². The Kier molecular flexibility index (Phi) is 6.64. The first-order chi connectivity index (χ1) is 16.0. The highest BCUT2D eigenvalue weighted by Crippen LogP contribution is 2.65. The summed E-state index contributed by atoms with van der Waals surface area (Å²) >= 11 is 18.6. The molecule has 3 nitrogen and oxygen atoms in total. The van der Waals surface area contributed by atoms with Gasteiger partial charge in [-0.05, 0) is 47.5 Å². The maximum atomic E-state index is 13.9. The standard InChI is InChI=1S/C24H14Cl3F4NO2/c25-16-5-4-14(10-15(16)20(33)8-11-1-3-13(28)9-18(11)30)32-23(34)22-21(24(22,26)27)12-2-6-17(29)19(31)7-12/h1-7,9-10,21-22H,8H2,(H,32,34)/t21-,22+/m1/s1. The van der Waals surface area contributed by atoms with Crippen molar-refractivity contribution in [1.29, 1.82) is 0 Å². The highest BCUT2D eigenvalue weighted by Gasteiger charge is 2.67. The summed E-state index contributed by atoms with van der Waals surface area (Å²) in [7, 11) is 0. The molecule has 0 saturated heterocycles. The summed E-state index contributed by atoms with van der Waals surface area (Å²) < 4.78 is 52.3. The molecule has 0 heterocycles. The first-order valence-corrected chi connectivity index (χ1v) is 11.0. The van der Waals surface area contributed by atoms with Crippen LogP contribution in [0.15, 0.2) is 54.6 Å². The van der Waals surface area contributed by atoms with E-state index in [4.69, 9.17) is 34.8 Å². The second kappa shape index (κ2) is 9.21. The van der Waals surface area contributed by atoms with Crippen molar-refractivity contribution in [3.8, 4) is 0 Å². The average Bonchev–Trinajstić information content (AvgIpc) is 3.35. The Morgan fingerprint density at radius 3 is 2.29 bits per heavy atom. The number of carbonyl (C=O) groups excluding carboxylic acids is 2. The maximum absolute atomic E-state index is 13.9. The van der Waals surface area contributed by atoms with Gasteiger partial charge in [0, 0.05) is 29.7 Å². The SMILES string of the molecule is O=C(Cc1ccc(F)cc1F)c1cc(NC(=O)[C@@H]2[C@@H](c3ccc(F)c(F)c3)C2(Cl)Cl)ccc1Cl. The Labute approximate surface area is 206 Å². The zero-order valence-electron chi connectivity index (χ0n) is 17.0. The summed E-state index contributed by atoms with van der Waals surface area (Å²) in [5, 5.41) is 2.65. The quantitative estimate of drug-likeness (QED) is 0.215. The van der Waals surface area contributed by atoms with Crippen molar-refractivity contribution in [2.24, 2.45) is 5.92 Å².